The number of fused-ring (bicyclic) bond motifs is 4. The first-order chi connectivity index (χ1) is 16.1. The molecule has 33 heavy (non-hydrogen) atoms. The Kier molecular flexibility index (Phi) is 5.56. The molecule has 0 aliphatic heterocycles. The maximum Gasteiger partial charge on any atom is 0.263 e. The van der Waals surface area contributed by atoms with Crippen LogP contribution in [-0.2, 0) is 11.3 Å². The fourth-order valence-corrected chi connectivity index (χ4v) is 5.14. The summed E-state index contributed by atoms with van der Waals surface area (Å²) < 4.78 is 9.47. The number of methoxy groups -OCH3 is 1. The number of amides is 1. The second kappa shape index (κ2) is 8.68. The van der Waals surface area contributed by atoms with Gasteiger partial charge in [0, 0.05) is 6.54 Å². The average molecular weight is 479 g/mol. The normalized spacial score (nSPS) is 11.3. The zero-order chi connectivity index (χ0) is 22.9. The lowest BCUT2D eigenvalue weighted by Crippen LogP contribution is -2.22. The average Bonchev–Trinajstić information content (AvgIpc) is 3.43. The lowest BCUT2D eigenvalue weighted by molar-refractivity contribution is -0.113. The van der Waals surface area contributed by atoms with Crippen LogP contribution in [0.3, 0.4) is 0 Å². The number of rotatable bonds is 7. The number of thiazole rings is 1. The molecular weight excluding hydrogens is 460 g/mol. The molecular formula is C22H18N6O3S2. The molecule has 9 nitrogen and oxygen atoms in total. The number of hydrogen-bond acceptors (Lipinski definition) is 8. The van der Waals surface area contributed by atoms with Crippen molar-refractivity contribution in [3.05, 3.63) is 65.5 Å². The van der Waals surface area contributed by atoms with Gasteiger partial charge in [0.2, 0.25) is 11.7 Å². The third kappa shape index (κ3) is 3.85. The number of ether oxygens (including phenoxy) is 1. The molecule has 0 radical (unpaired) electrons. The molecule has 0 aliphatic carbocycles. The van der Waals surface area contributed by atoms with Crippen LogP contribution in [0, 0.1) is 0 Å². The first-order valence-electron chi connectivity index (χ1n) is 9.94. The number of nitrogens with zero attached hydrogens (tertiary/aromatic N) is 5. The fourth-order valence-electron chi connectivity index (χ4n) is 3.49. The fraction of sp³-hybridized carbons (Fsp3) is 0.136. The lowest BCUT2D eigenvalue weighted by Gasteiger charge is -2.09. The molecule has 0 saturated carbocycles. The molecule has 0 unspecified atom stereocenters. The maximum atomic E-state index is 12.9. The van der Waals surface area contributed by atoms with E-state index in [4.69, 9.17) is 4.74 Å². The van der Waals surface area contributed by atoms with Crippen LogP contribution in [0.2, 0.25) is 0 Å². The Morgan fingerprint density at radius 3 is 2.94 bits per heavy atom. The van der Waals surface area contributed by atoms with E-state index in [0.717, 1.165) is 16.0 Å². The molecule has 0 atom stereocenters. The predicted molar refractivity (Wildman–Crippen MR) is 130 cm³/mol. The van der Waals surface area contributed by atoms with Crippen LogP contribution in [0.25, 0.3) is 26.9 Å². The van der Waals surface area contributed by atoms with Gasteiger partial charge in [0.15, 0.2) is 10.3 Å². The highest BCUT2D eigenvalue weighted by molar-refractivity contribution is 7.99. The van der Waals surface area contributed by atoms with Crippen LogP contribution < -0.4 is 15.6 Å². The molecule has 3 heterocycles. The van der Waals surface area contributed by atoms with Crippen molar-refractivity contribution in [3.8, 4) is 5.75 Å². The van der Waals surface area contributed by atoms with Gasteiger partial charge in [-0.25, -0.2) is 4.98 Å². The minimum atomic E-state index is -0.216. The molecule has 0 spiro atoms. The SMILES string of the molecule is C=CCn1c(=O)c2ccccc2n2c(SCC(=O)Nc3nc4ccc(OC)cc4s3)nnc12. The van der Waals surface area contributed by atoms with Crippen molar-refractivity contribution in [2.24, 2.45) is 0 Å². The van der Waals surface area contributed by atoms with E-state index in [1.165, 1.54) is 27.7 Å². The van der Waals surface area contributed by atoms with E-state index in [0.29, 0.717) is 33.5 Å². The molecule has 166 valence electrons. The molecule has 0 aliphatic rings. The quantitative estimate of drug-likeness (QED) is 0.282. The summed E-state index contributed by atoms with van der Waals surface area (Å²) in [7, 11) is 1.61. The first-order valence-corrected chi connectivity index (χ1v) is 11.7. The molecule has 0 fully saturated rings. The van der Waals surface area contributed by atoms with E-state index in [2.05, 4.69) is 27.1 Å². The molecule has 0 saturated heterocycles. The van der Waals surface area contributed by atoms with Crippen LogP contribution in [0.4, 0.5) is 5.13 Å². The Morgan fingerprint density at radius 1 is 1.27 bits per heavy atom. The van der Waals surface area contributed by atoms with E-state index < -0.39 is 0 Å². The molecule has 5 aromatic rings. The van der Waals surface area contributed by atoms with E-state index >= 15 is 0 Å². The van der Waals surface area contributed by atoms with E-state index in [-0.39, 0.29) is 17.2 Å². The summed E-state index contributed by atoms with van der Waals surface area (Å²) in [6.45, 7) is 4.03. The Hall–Kier alpha value is -3.70. The van der Waals surface area contributed by atoms with Crippen LogP contribution in [-0.4, -0.2) is 42.9 Å². The van der Waals surface area contributed by atoms with Crippen molar-refractivity contribution >= 4 is 61.0 Å². The van der Waals surface area contributed by atoms with Crippen molar-refractivity contribution in [2.75, 3.05) is 18.2 Å². The minimum absolute atomic E-state index is 0.106. The molecule has 5 rings (SSSR count). The Morgan fingerprint density at radius 2 is 2.12 bits per heavy atom. The summed E-state index contributed by atoms with van der Waals surface area (Å²) >= 11 is 2.62. The number of aromatic nitrogens is 5. The van der Waals surface area contributed by atoms with Crippen molar-refractivity contribution in [1.82, 2.24) is 24.1 Å². The zero-order valence-electron chi connectivity index (χ0n) is 17.5. The van der Waals surface area contributed by atoms with Gasteiger partial charge in [-0.1, -0.05) is 41.3 Å². The number of anilines is 1. The van der Waals surface area contributed by atoms with Gasteiger partial charge in [-0.05, 0) is 30.3 Å². The highest BCUT2D eigenvalue weighted by atomic mass is 32.2. The standard InChI is InChI=1S/C22H18N6O3S2/c1-3-10-27-19(30)14-6-4-5-7-16(14)28-21(27)25-26-22(28)32-12-18(29)24-20-23-15-9-8-13(31-2)11-17(15)33-20/h3-9,11H,1,10,12H2,2H3,(H,23,24,29). The summed E-state index contributed by atoms with van der Waals surface area (Å²) in [5.41, 5.74) is 1.32. The van der Waals surface area contributed by atoms with Crippen LogP contribution >= 0.6 is 23.1 Å². The highest BCUT2D eigenvalue weighted by Crippen LogP contribution is 2.29. The maximum absolute atomic E-state index is 12.9. The van der Waals surface area contributed by atoms with E-state index in [1.54, 1.807) is 23.7 Å². The zero-order valence-corrected chi connectivity index (χ0v) is 19.2. The number of para-hydroxylation sites is 1. The minimum Gasteiger partial charge on any atom is -0.497 e. The van der Waals surface area contributed by atoms with Gasteiger partial charge in [0.1, 0.15) is 5.75 Å². The van der Waals surface area contributed by atoms with Gasteiger partial charge in [0.25, 0.3) is 5.56 Å². The van der Waals surface area contributed by atoms with Gasteiger partial charge in [-0.15, -0.1) is 16.8 Å². The molecule has 1 amide bonds. The summed E-state index contributed by atoms with van der Waals surface area (Å²) in [5, 5.41) is 12.9. The smallest absolute Gasteiger partial charge is 0.263 e. The number of carbonyl (C=O) groups excluding carboxylic acids is 1. The van der Waals surface area contributed by atoms with Gasteiger partial charge in [-0.2, -0.15) is 0 Å². The van der Waals surface area contributed by atoms with Crippen LogP contribution in [0.15, 0.2) is 65.1 Å². The third-order valence-corrected chi connectivity index (χ3v) is 6.83. The van der Waals surface area contributed by atoms with Crippen LogP contribution in [0.5, 0.6) is 5.75 Å². The Balaban J connectivity index is 1.41. The number of thioether (sulfide) groups is 1. The molecule has 3 aromatic heterocycles. The summed E-state index contributed by atoms with van der Waals surface area (Å²) in [5.74, 6) is 1.03. The predicted octanol–water partition coefficient (Wildman–Crippen LogP) is 3.58. The highest BCUT2D eigenvalue weighted by Gasteiger charge is 2.17. The second-order valence-electron chi connectivity index (χ2n) is 7.03. The summed E-state index contributed by atoms with van der Waals surface area (Å²) in [6, 6.07) is 12.8. The summed E-state index contributed by atoms with van der Waals surface area (Å²) in [4.78, 5) is 29.9. The van der Waals surface area contributed by atoms with Gasteiger partial charge in [0.05, 0.1) is 34.0 Å². The van der Waals surface area contributed by atoms with E-state index in [1.807, 2.05) is 36.4 Å². The number of benzene rings is 2. The lowest BCUT2D eigenvalue weighted by atomic mass is 10.2. The van der Waals surface area contributed by atoms with E-state index in [9.17, 15) is 9.59 Å². The Labute approximate surface area is 195 Å². The molecule has 11 heteroatoms. The third-order valence-electron chi connectivity index (χ3n) is 4.96. The second-order valence-corrected chi connectivity index (χ2v) is 9.00. The van der Waals surface area contributed by atoms with Gasteiger partial charge >= 0.3 is 0 Å². The van der Waals surface area contributed by atoms with Crippen LogP contribution in [0.1, 0.15) is 0 Å². The first kappa shape index (κ1) is 21.2. The number of carbonyl (C=O) groups is 1. The number of allylic oxidation sites excluding steroid dienone is 1. The van der Waals surface area contributed by atoms with Gasteiger partial charge < -0.3 is 10.1 Å². The van der Waals surface area contributed by atoms with Crippen molar-refractivity contribution in [1.29, 1.82) is 0 Å². The molecule has 2 aromatic carbocycles. The Bertz CT molecular complexity index is 1590. The monoisotopic (exact) mass is 478 g/mol. The summed E-state index contributed by atoms with van der Waals surface area (Å²) in [6.07, 6.45) is 1.64. The van der Waals surface area contributed by atoms with Crippen molar-refractivity contribution in [3.63, 3.8) is 0 Å². The molecule has 1 N–H and O–H groups in total. The van der Waals surface area contributed by atoms with Crippen molar-refractivity contribution in [2.45, 2.75) is 11.7 Å². The molecule has 0 bridgehead atoms. The number of nitrogens with one attached hydrogen (secondary N) is 1. The topological polar surface area (TPSA) is 103 Å². The van der Waals surface area contributed by atoms with Crippen molar-refractivity contribution < 1.29 is 9.53 Å². The largest absolute Gasteiger partial charge is 0.497 e. The van der Waals surface area contributed by atoms with Gasteiger partial charge in [-0.3, -0.25) is 18.6 Å². The number of hydrogen-bond donors (Lipinski definition) is 1.